The minimum absolute atomic E-state index is 0.139. The second-order valence-corrected chi connectivity index (χ2v) is 7.86. The Morgan fingerprint density at radius 1 is 1.03 bits per heavy atom. The van der Waals surface area contributed by atoms with Crippen molar-refractivity contribution in [2.24, 2.45) is 0 Å². The summed E-state index contributed by atoms with van der Waals surface area (Å²) in [6, 6.07) is 16.8. The first-order chi connectivity index (χ1) is 13.8. The topological polar surface area (TPSA) is 54.3 Å². The predicted octanol–water partition coefficient (Wildman–Crippen LogP) is 5.32. The van der Waals surface area contributed by atoms with Crippen LogP contribution in [0.25, 0.3) is 0 Å². The van der Waals surface area contributed by atoms with Gasteiger partial charge >= 0.3 is 5.97 Å². The van der Waals surface area contributed by atoms with Crippen LogP contribution in [0.3, 0.4) is 0 Å². The van der Waals surface area contributed by atoms with E-state index in [1.54, 1.807) is 0 Å². The molecule has 2 N–H and O–H groups in total. The van der Waals surface area contributed by atoms with Gasteiger partial charge in [0.25, 0.3) is 0 Å². The van der Waals surface area contributed by atoms with Gasteiger partial charge in [0.1, 0.15) is 0 Å². The normalized spacial score (nSPS) is 12.2. The average Bonchev–Trinajstić information content (AvgIpc) is 2.93. The van der Waals surface area contributed by atoms with Crippen molar-refractivity contribution in [2.75, 3.05) is 0 Å². The quantitative estimate of drug-likeness (QED) is 0.574. The van der Waals surface area contributed by atoms with Gasteiger partial charge in [0.2, 0.25) is 0 Å². The number of aryl methyl sites for hydroxylation is 2. The second-order valence-electron chi connectivity index (χ2n) is 7.86. The van der Waals surface area contributed by atoms with Crippen molar-refractivity contribution in [3.63, 3.8) is 0 Å². The molecule has 0 amide bonds. The van der Waals surface area contributed by atoms with Crippen LogP contribution in [-0.2, 0) is 13.1 Å². The molecule has 0 aliphatic rings. The lowest BCUT2D eigenvalue weighted by molar-refractivity contribution is 0.0694. The number of rotatable bonds is 7. The number of benzene rings is 2. The van der Waals surface area contributed by atoms with Crippen LogP contribution in [0.1, 0.15) is 62.5 Å². The van der Waals surface area contributed by atoms with Crippen LogP contribution < -0.4 is 5.32 Å². The largest absolute Gasteiger partial charge is 0.478 e. The lowest BCUT2D eigenvalue weighted by atomic mass is 10.1. The van der Waals surface area contributed by atoms with Crippen molar-refractivity contribution in [1.82, 2.24) is 9.88 Å². The van der Waals surface area contributed by atoms with Gasteiger partial charge in [-0.3, -0.25) is 0 Å². The zero-order valence-electron chi connectivity index (χ0n) is 17.9. The molecule has 0 bridgehead atoms. The smallest absolute Gasteiger partial charge is 0.337 e. The van der Waals surface area contributed by atoms with Crippen molar-refractivity contribution >= 4 is 5.97 Å². The molecule has 29 heavy (non-hydrogen) atoms. The van der Waals surface area contributed by atoms with Gasteiger partial charge in [-0.15, -0.1) is 0 Å². The summed E-state index contributed by atoms with van der Waals surface area (Å²) in [4.78, 5) is 12.1. The number of nitrogens with one attached hydrogen (secondary N) is 1. The second kappa shape index (κ2) is 8.66. The summed E-state index contributed by atoms with van der Waals surface area (Å²) in [5, 5.41) is 13.4. The maximum atomic E-state index is 12.1. The summed E-state index contributed by atoms with van der Waals surface area (Å²) in [6.45, 7) is 11.4. The number of hydrogen-bond acceptors (Lipinski definition) is 2. The molecule has 1 atom stereocenters. The lowest BCUT2D eigenvalue weighted by Gasteiger charge is -2.15. The lowest BCUT2D eigenvalue weighted by Crippen LogP contribution is -2.19. The van der Waals surface area contributed by atoms with E-state index in [9.17, 15) is 9.90 Å². The SMILES string of the molecule is Cc1ccc(C)c(Cn2c(C)c(CN[C@@H](C)c3ccccc3)c(C(=O)O)c2C)c1. The molecule has 0 aliphatic carbocycles. The van der Waals surface area contributed by atoms with Crippen LogP contribution >= 0.6 is 0 Å². The minimum atomic E-state index is -0.866. The number of carboxylic acid groups (broad SMARTS) is 1. The van der Waals surface area contributed by atoms with Gasteiger partial charge in [-0.25, -0.2) is 4.79 Å². The third-order valence-corrected chi connectivity index (χ3v) is 5.84. The molecule has 4 heteroatoms. The van der Waals surface area contributed by atoms with E-state index >= 15 is 0 Å². The molecule has 1 heterocycles. The molecule has 152 valence electrons. The summed E-state index contributed by atoms with van der Waals surface area (Å²) in [5.74, 6) is -0.866. The number of carboxylic acids is 1. The highest BCUT2D eigenvalue weighted by Gasteiger charge is 2.23. The molecule has 0 fully saturated rings. The van der Waals surface area contributed by atoms with Gasteiger partial charge in [-0.2, -0.15) is 0 Å². The van der Waals surface area contributed by atoms with E-state index in [2.05, 4.69) is 61.0 Å². The molecule has 0 saturated carbocycles. The fourth-order valence-corrected chi connectivity index (χ4v) is 3.94. The Morgan fingerprint density at radius 3 is 2.38 bits per heavy atom. The van der Waals surface area contributed by atoms with E-state index < -0.39 is 5.97 Å². The highest BCUT2D eigenvalue weighted by Crippen LogP contribution is 2.26. The number of nitrogens with zero attached hydrogens (tertiary/aromatic N) is 1. The highest BCUT2D eigenvalue weighted by atomic mass is 16.4. The van der Waals surface area contributed by atoms with Gasteiger partial charge in [0.15, 0.2) is 0 Å². The van der Waals surface area contributed by atoms with Crippen molar-refractivity contribution in [3.8, 4) is 0 Å². The zero-order chi connectivity index (χ0) is 21.1. The van der Waals surface area contributed by atoms with Crippen LogP contribution in [0.4, 0.5) is 0 Å². The summed E-state index contributed by atoms with van der Waals surface area (Å²) in [5.41, 5.74) is 7.94. The maximum Gasteiger partial charge on any atom is 0.337 e. The van der Waals surface area contributed by atoms with Crippen LogP contribution in [0.5, 0.6) is 0 Å². The standard InChI is InChI=1S/C25H30N2O2/c1-16-11-12-17(2)22(13-16)15-27-19(4)23(24(20(27)5)25(28)29)14-26-18(3)21-9-7-6-8-10-21/h6-13,18,26H,14-15H2,1-5H3,(H,28,29)/t18-/m0/s1. The fraction of sp³-hybridized carbons (Fsp3) is 0.320. The van der Waals surface area contributed by atoms with Gasteiger partial charge in [-0.1, -0.05) is 54.1 Å². The Labute approximate surface area is 173 Å². The van der Waals surface area contributed by atoms with Gasteiger partial charge in [-0.05, 0) is 51.3 Å². The summed E-state index contributed by atoms with van der Waals surface area (Å²) in [7, 11) is 0. The van der Waals surface area contributed by atoms with E-state index in [0.717, 1.165) is 17.0 Å². The van der Waals surface area contributed by atoms with Crippen LogP contribution in [0, 0.1) is 27.7 Å². The van der Waals surface area contributed by atoms with E-state index in [1.165, 1.54) is 22.3 Å². The first kappa shape index (κ1) is 20.9. The van der Waals surface area contributed by atoms with Crippen LogP contribution in [-0.4, -0.2) is 15.6 Å². The Kier molecular flexibility index (Phi) is 6.23. The molecule has 2 aromatic carbocycles. The zero-order valence-corrected chi connectivity index (χ0v) is 17.9. The molecule has 0 unspecified atom stereocenters. The highest BCUT2D eigenvalue weighted by molar-refractivity contribution is 5.91. The van der Waals surface area contributed by atoms with Crippen molar-refractivity contribution in [1.29, 1.82) is 0 Å². The Balaban J connectivity index is 1.92. The summed E-state index contributed by atoms with van der Waals surface area (Å²) < 4.78 is 2.13. The fourth-order valence-electron chi connectivity index (χ4n) is 3.94. The monoisotopic (exact) mass is 390 g/mol. The number of hydrogen-bond donors (Lipinski definition) is 2. The molecular weight excluding hydrogens is 360 g/mol. The molecule has 0 radical (unpaired) electrons. The third kappa shape index (κ3) is 4.43. The van der Waals surface area contributed by atoms with Crippen LogP contribution in [0.15, 0.2) is 48.5 Å². The molecular formula is C25H30N2O2. The van der Waals surface area contributed by atoms with Gasteiger partial charge in [0.05, 0.1) is 5.56 Å². The summed E-state index contributed by atoms with van der Waals surface area (Å²) in [6.07, 6.45) is 0. The van der Waals surface area contributed by atoms with Crippen molar-refractivity contribution in [3.05, 3.63) is 93.3 Å². The van der Waals surface area contributed by atoms with Crippen molar-refractivity contribution in [2.45, 2.75) is 53.8 Å². The Bertz CT molecular complexity index is 1020. The van der Waals surface area contributed by atoms with E-state index in [0.29, 0.717) is 18.7 Å². The van der Waals surface area contributed by atoms with Gasteiger partial charge in [0, 0.05) is 36.1 Å². The molecule has 4 nitrogen and oxygen atoms in total. The third-order valence-electron chi connectivity index (χ3n) is 5.84. The first-order valence-corrected chi connectivity index (χ1v) is 10.1. The first-order valence-electron chi connectivity index (χ1n) is 10.1. The van der Waals surface area contributed by atoms with E-state index in [-0.39, 0.29) is 6.04 Å². The Hall–Kier alpha value is -2.85. The van der Waals surface area contributed by atoms with Crippen molar-refractivity contribution < 1.29 is 9.90 Å². The average molecular weight is 391 g/mol. The predicted molar refractivity (Wildman–Crippen MR) is 118 cm³/mol. The van der Waals surface area contributed by atoms with E-state index in [1.807, 2.05) is 32.0 Å². The molecule has 3 rings (SSSR count). The molecule has 0 spiro atoms. The number of aromatic carboxylic acids is 1. The molecule has 3 aromatic rings. The molecule has 0 aliphatic heterocycles. The minimum Gasteiger partial charge on any atom is -0.478 e. The number of carbonyl (C=O) groups is 1. The Morgan fingerprint density at radius 2 is 1.72 bits per heavy atom. The van der Waals surface area contributed by atoms with E-state index in [4.69, 9.17) is 0 Å². The maximum absolute atomic E-state index is 12.1. The molecule has 0 saturated heterocycles. The van der Waals surface area contributed by atoms with Crippen LogP contribution in [0.2, 0.25) is 0 Å². The number of aromatic nitrogens is 1. The summed E-state index contributed by atoms with van der Waals surface area (Å²) >= 11 is 0. The molecule has 1 aromatic heterocycles. The van der Waals surface area contributed by atoms with Gasteiger partial charge < -0.3 is 15.0 Å².